The lowest BCUT2D eigenvalue weighted by Crippen LogP contribution is -1.97. The Balaban J connectivity index is 2.37. The number of hydrogen-bond donors (Lipinski definition) is 0. The normalized spacial score (nSPS) is 16.0. The highest BCUT2D eigenvalue weighted by Crippen LogP contribution is 2.35. The van der Waals surface area contributed by atoms with Gasteiger partial charge in [-0.25, -0.2) is 4.79 Å². The molecule has 0 unspecified atom stereocenters. The maximum absolute atomic E-state index is 11.1. The molecule has 0 radical (unpaired) electrons. The quantitative estimate of drug-likeness (QED) is 0.580. The molecular formula is C11H9BrO3. The second kappa shape index (κ2) is 4.06. The molecule has 0 aromatic heterocycles. The van der Waals surface area contributed by atoms with E-state index >= 15 is 0 Å². The molecule has 1 heterocycles. The first-order chi connectivity index (χ1) is 7.20. The van der Waals surface area contributed by atoms with Gasteiger partial charge >= 0.3 is 5.97 Å². The topological polar surface area (TPSA) is 35.5 Å². The summed E-state index contributed by atoms with van der Waals surface area (Å²) >= 11 is 3.36. The lowest BCUT2D eigenvalue weighted by atomic mass is 10.1. The van der Waals surface area contributed by atoms with E-state index in [-0.39, 0.29) is 5.97 Å². The molecule has 0 aliphatic carbocycles. The monoisotopic (exact) mass is 268 g/mol. The molecule has 1 aromatic rings. The summed E-state index contributed by atoms with van der Waals surface area (Å²) in [4.78, 5) is 11.1. The van der Waals surface area contributed by atoms with E-state index in [0.717, 1.165) is 21.4 Å². The summed E-state index contributed by atoms with van der Waals surface area (Å²) in [6, 6.07) is 5.72. The molecule has 0 amide bonds. The lowest BCUT2D eigenvalue weighted by molar-refractivity contribution is -0.134. The van der Waals surface area contributed by atoms with Crippen molar-refractivity contribution in [3.8, 4) is 5.75 Å². The Kier molecular flexibility index (Phi) is 2.77. The Morgan fingerprint density at radius 1 is 1.60 bits per heavy atom. The minimum absolute atomic E-state index is 0.357. The van der Waals surface area contributed by atoms with Gasteiger partial charge < -0.3 is 9.47 Å². The minimum Gasteiger partial charge on any atom is -0.488 e. The molecule has 0 N–H and O–H groups in total. The number of fused-ring (bicyclic) bond motifs is 1. The van der Waals surface area contributed by atoms with Crippen LogP contribution in [0, 0.1) is 0 Å². The van der Waals surface area contributed by atoms with Crippen LogP contribution in [0.1, 0.15) is 5.56 Å². The highest BCUT2D eigenvalue weighted by atomic mass is 79.9. The highest BCUT2D eigenvalue weighted by molar-refractivity contribution is 9.10. The van der Waals surface area contributed by atoms with Crippen LogP contribution in [0.4, 0.5) is 0 Å². The van der Waals surface area contributed by atoms with Crippen molar-refractivity contribution in [2.24, 2.45) is 0 Å². The Labute approximate surface area is 95.8 Å². The van der Waals surface area contributed by atoms with Crippen molar-refractivity contribution in [1.29, 1.82) is 0 Å². The summed E-state index contributed by atoms with van der Waals surface area (Å²) in [5.41, 5.74) is 1.80. The van der Waals surface area contributed by atoms with E-state index in [1.807, 2.05) is 18.2 Å². The molecule has 3 nitrogen and oxygen atoms in total. The summed E-state index contributed by atoms with van der Waals surface area (Å²) in [5.74, 6) is 0.434. The first-order valence-corrected chi connectivity index (χ1v) is 5.21. The van der Waals surface area contributed by atoms with E-state index in [1.54, 1.807) is 0 Å². The molecule has 0 saturated carbocycles. The molecule has 15 heavy (non-hydrogen) atoms. The predicted molar refractivity (Wildman–Crippen MR) is 59.6 cm³/mol. The van der Waals surface area contributed by atoms with Crippen LogP contribution < -0.4 is 4.74 Å². The Morgan fingerprint density at radius 2 is 2.40 bits per heavy atom. The molecule has 1 aliphatic heterocycles. The average Bonchev–Trinajstić information content (AvgIpc) is 2.60. The molecule has 78 valence electrons. The number of carbonyl (C=O) groups is 1. The fourth-order valence-electron chi connectivity index (χ4n) is 1.43. The van der Waals surface area contributed by atoms with Crippen LogP contribution in [0.5, 0.6) is 5.75 Å². The smallest absolute Gasteiger partial charge is 0.330 e. The third kappa shape index (κ3) is 2.04. The number of esters is 1. The number of benzene rings is 1. The van der Waals surface area contributed by atoms with Crippen LogP contribution in [0.2, 0.25) is 0 Å². The van der Waals surface area contributed by atoms with Gasteiger partial charge in [-0.3, -0.25) is 0 Å². The number of halogens is 1. The van der Waals surface area contributed by atoms with E-state index in [9.17, 15) is 4.79 Å². The molecule has 2 rings (SSSR count). The van der Waals surface area contributed by atoms with Gasteiger partial charge in [0.1, 0.15) is 12.4 Å². The van der Waals surface area contributed by atoms with Gasteiger partial charge in [-0.15, -0.1) is 0 Å². The van der Waals surface area contributed by atoms with Gasteiger partial charge in [0.15, 0.2) is 0 Å². The van der Waals surface area contributed by atoms with Gasteiger partial charge in [-0.1, -0.05) is 15.9 Å². The standard InChI is InChI=1S/C11H9BrO3/c1-14-11(13)4-7-6-15-10-5-8(12)2-3-9(7)10/h2-5H,6H2,1H3/b7-4+. The van der Waals surface area contributed by atoms with Crippen molar-refractivity contribution in [3.63, 3.8) is 0 Å². The van der Waals surface area contributed by atoms with Crippen molar-refractivity contribution < 1.29 is 14.3 Å². The molecule has 0 fully saturated rings. The van der Waals surface area contributed by atoms with Crippen LogP contribution in [0.25, 0.3) is 5.57 Å². The average molecular weight is 269 g/mol. The predicted octanol–water partition coefficient (Wildman–Crippen LogP) is 2.40. The van der Waals surface area contributed by atoms with Gasteiger partial charge in [-0.05, 0) is 18.2 Å². The summed E-state index contributed by atoms with van der Waals surface area (Å²) in [7, 11) is 1.36. The van der Waals surface area contributed by atoms with Crippen molar-refractivity contribution >= 4 is 27.5 Å². The van der Waals surface area contributed by atoms with E-state index in [0.29, 0.717) is 6.61 Å². The van der Waals surface area contributed by atoms with Crippen LogP contribution in [-0.2, 0) is 9.53 Å². The maximum Gasteiger partial charge on any atom is 0.330 e. The van der Waals surface area contributed by atoms with Crippen molar-refractivity contribution in [3.05, 3.63) is 34.3 Å². The second-order valence-corrected chi connectivity index (χ2v) is 4.04. The fourth-order valence-corrected chi connectivity index (χ4v) is 1.77. The lowest BCUT2D eigenvalue weighted by Gasteiger charge is -1.97. The molecular weight excluding hydrogens is 260 g/mol. The zero-order valence-electron chi connectivity index (χ0n) is 8.12. The third-order valence-corrected chi connectivity index (χ3v) is 2.66. The summed E-state index contributed by atoms with van der Waals surface area (Å²) in [6.45, 7) is 0.418. The Hall–Kier alpha value is -1.29. The third-order valence-electron chi connectivity index (χ3n) is 2.17. The van der Waals surface area contributed by atoms with Gasteiger partial charge in [0.25, 0.3) is 0 Å². The van der Waals surface area contributed by atoms with Crippen LogP contribution >= 0.6 is 15.9 Å². The minimum atomic E-state index is -0.357. The van der Waals surface area contributed by atoms with E-state index in [2.05, 4.69) is 20.7 Å². The summed E-state index contributed by atoms with van der Waals surface area (Å²) < 4.78 is 11.0. The number of rotatable bonds is 1. The molecule has 0 spiro atoms. The molecule has 0 saturated heterocycles. The number of ether oxygens (including phenoxy) is 2. The first kappa shape index (κ1) is 10.2. The Morgan fingerprint density at radius 3 is 3.13 bits per heavy atom. The van der Waals surface area contributed by atoms with E-state index in [4.69, 9.17) is 4.74 Å². The van der Waals surface area contributed by atoms with Crippen molar-refractivity contribution in [2.45, 2.75) is 0 Å². The van der Waals surface area contributed by atoms with E-state index in [1.165, 1.54) is 13.2 Å². The number of hydrogen-bond acceptors (Lipinski definition) is 3. The van der Waals surface area contributed by atoms with E-state index < -0.39 is 0 Å². The molecule has 1 aromatic carbocycles. The van der Waals surface area contributed by atoms with Crippen molar-refractivity contribution in [2.75, 3.05) is 13.7 Å². The number of methoxy groups -OCH3 is 1. The van der Waals surface area contributed by atoms with Gasteiger partial charge in [0.05, 0.1) is 7.11 Å². The summed E-state index contributed by atoms with van der Waals surface area (Å²) in [5, 5.41) is 0. The SMILES string of the molecule is COC(=O)/C=C1\COc2cc(Br)ccc21. The second-order valence-electron chi connectivity index (χ2n) is 3.12. The van der Waals surface area contributed by atoms with Crippen molar-refractivity contribution in [1.82, 2.24) is 0 Å². The van der Waals surface area contributed by atoms with Gasteiger partial charge in [0, 0.05) is 21.7 Å². The van der Waals surface area contributed by atoms with Crippen LogP contribution in [0.15, 0.2) is 28.7 Å². The molecule has 0 atom stereocenters. The maximum atomic E-state index is 11.1. The van der Waals surface area contributed by atoms with Gasteiger partial charge in [-0.2, -0.15) is 0 Å². The molecule has 1 aliphatic rings. The van der Waals surface area contributed by atoms with Crippen LogP contribution in [-0.4, -0.2) is 19.7 Å². The summed E-state index contributed by atoms with van der Waals surface area (Å²) in [6.07, 6.45) is 1.46. The zero-order valence-corrected chi connectivity index (χ0v) is 9.71. The number of carbonyl (C=O) groups excluding carboxylic acids is 1. The molecule has 0 bridgehead atoms. The van der Waals surface area contributed by atoms with Crippen LogP contribution in [0.3, 0.4) is 0 Å². The molecule has 4 heteroatoms. The zero-order chi connectivity index (χ0) is 10.8. The highest BCUT2D eigenvalue weighted by Gasteiger charge is 2.18. The Bertz CT molecular complexity index is 437. The fraction of sp³-hybridized carbons (Fsp3) is 0.182. The van der Waals surface area contributed by atoms with Gasteiger partial charge in [0.2, 0.25) is 0 Å². The largest absolute Gasteiger partial charge is 0.488 e. The first-order valence-electron chi connectivity index (χ1n) is 4.42.